The number of rotatable bonds is 2. The normalized spacial score (nSPS) is 20.5. The Morgan fingerprint density at radius 2 is 2.00 bits per heavy atom. The van der Waals surface area contributed by atoms with Gasteiger partial charge < -0.3 is 10.1 Å². The Morgan fingerprint density at radius 1 is 1.24 bits per heavy atom. The molecule has 0 unspecified atom stereocenters. The third-order valence-corrected chi connectivity index (χ3v) is 4.20. The average Bonchev–Trinajstić information content (AvgIpc) is 2.47. The van der Waals surface area contributed by atoms with Crippen molar-refractivity contribution in [2.45, 2.75) is 25.6 Å². The molecule has 0 bridgehead atoms. The largest absolute Gasteiger partial charge is 0.489 e. The average molecular weight is 300 g/mol. The third-order valence-electron chi connectivity index (χ3n) is 4.20. The summed E-state index contributed by atoms with van der Waals surface area (Å²) in [7, 11) is 0. The Kier molecular flexibility index (Phi) is 3.97. The van der Waals surface area contributed by atoms with Crippen LogP contribution in [0.15, 0.2) is 18.2 Å². The van der Waals surface area contributed by atoms with Crippen LogP contribution in [0.5, 0.6) is 5.75 Å². The van der Waals surface area contributed by atoms with Crippen molar-refractivity contribution < 1.29 is 17.9 Å². The number of nitrogens with zero attached hydrogens (tertiary/aromatic N) is 1. The van der Waals surface area contributed by atoms with E-state index in [1.54, 1.807) is 0 Å². The summed E-state index contributed by atoms with van der Waals surface area (Å²) in [5.41, 5.74) is 2.02. The second kappa shape index (κ2) is 5.75. The predicted octanol–water partition coefficient (Wildman–Crippen LogP) is 3.27. The van der Waals surface area contributed by atoms with Gasteiger partial charge in [-0.1, -0.05) is 12.1 Å². The Hall–Kier alpha value is -1.43. The Bertz CT molecular complexity index is 496. The molecule has 2 aliphatic heterocycles. The number of para-hydroxylation sites is 1. The number of fused-ring (bicyclic) bond motifs is 1. The molecule has 3 nitrogen and oxygen atoms in total. The maximum absolute atomic E-state index is 12.7. The van der Waals surface area contributed by atoms with Gasteiger partial charge in [0.1, 0.15) is 12.4 Å². The van der Waals surface area contributed by atoms with Gasteiger partial charge in [-0.05, 0) is 32.0 Å². The molecule has 0 amide bonds. The zero-order valence-corrected chi connectivity index (χ0v) is 11.7. The molecule has 3 rings (SSSR count). The minimum absolute atomic E-state index is 0.192. The second-order valence-corrected chi connectivity index (χ2v) is 5.66. The van der Waals surface area contributed by atoms with Crippen molar-refractivity contribution in [1.82, 2.24) is 4.90 Å². The van der Waals surface area contributed by atoms with Crippen LogP contribution in [-0.2, 0) is 6.54 Å². The van der Waals surface area contributed by atoms with Crippen LogP contribution in [0, 0.1) is 5.92 Å². The number of benzene rings is 1. The first-order valence-electron chi connectivity index (χ1n) is 7.31. The summed E-state index contributed by atoms with van der Waals surface area (Å²) >= 11 is 0. The van der Waals surface area contributed by atoms with E-state index in [4.69, 9.17) is 4.74 Å². The zero-order chi connectivity index (χ0) is 14.9. The molecular formula is C15H19F3N2O. The lowest BCUT2D eigenvalue weighted by molar-refractivity contribution is -0.185. The van der Waals surface area contributed by atoms with Gasteiger partial charge in [-0.3, -0.25) is 4.90 Å². The van der Waals surface area contributed by atoms with Crippen LogP contribution in [0.1, 0.15) is 18.4 Å². The number of nitrogens with one attached hydrogen (secondary N) is 1. The minimum Gasteiger partial charge on any atom is -0.489 e. The topological polar surface area (TPSA) is 24.5 Å². The van der Waals surface area contributed by atoms with Gasteiger partial charge in [0, 0.05) is 18.7 Å². The fourth-order valence-electron chi connectivity index (χ4n) is 3.02. The van der Waals surface area contributed by atoms with E-state index >= 15 is 0 Å². The molecule has 1 aromatic rings. The summed E-state index contributed by atoms with van der Waals surface area (Å²) in [4.78, 5) is 2.08. The number of hydrogen-bond acceptors (Lipinski definition) is 3. The lowest BCUT2D eigenvalue weighted by atomic mass is 9.96. The van der Waals surface area contributed by atoms with Crippen molar-refractivity contribution in [2.75, 3.05) is 31.6 Å². The molecule has 0 saturated carbocycles. The number of likely N-dealkylation sites (tertiary alicyclic amines) is 1. The van der Waals surface area contributed by atoms with Crippen LogP contribution in [0.2, 0.25) is 0 Å². The summed E-state index contributed by atoms with van der Waals surface area (Å²) in [6, 6.07) is 5.91. The number of anilines is 1. The molecule has 1 aromatic carbocycles. The van der Waals surface area contributed by atoms with Crippen molar-refractivity contribution in [3.8, 4) is 5.75 Å². The van der Waals surface area contributed by atoms with Gasteiger partial charge >= 0.3 is 6.18 Å². The first-order chi connectivity index (χ1) is 10.0. The predicted molar refractivity (Wildman–Crippen MR) is 74.5 cm³/mol. The van der Waals surface area contributed by atoms with Crippen LogP contribution in [-0.4, -0.2) is 37.3 Å². The highest BCUT2D eigenvalue weighted by Gasteiger charge is 2.41. The third kappa shape index (κ3) is 3.26. The molecule has 1 saturated heterocycles. The van der Waals surface area contributed by atoms with Crippen LogP contribution in [0.3, 0.4) is 0 Å². The Balaban J connectivity index is 1.64. The van der Waals surface area contributed by atoms with Gasteiger partial charge in [0.15, 0.2) is 0 Å². The molecule has 1 fully saturated rings. The van der Waals surface area contributed by atoms with Crippen molar-refractivity contribution in [3.05, 3.63) is 23.8 Å². The molecule has 0 aliphatic carbocycles. The molecule has 0 radical (unpaired) electrons. The number of ether oxygens (including phenoxy) is 1. The van der Waals surface area contributed by atoms with Crippen LogP contribution in [0.4, 0.5) is 18.9 Å². The van der Waals surface area contributed by atoms with Crippen molar-refractivity contribution in [3.63, 3.8) is 0 Å². The standard InChI is InChI=1S/C15H19F3N2O/c16-15(17,18)12-4-7-20(8-5-12)10-11-2-1-3-13-14(11)21-9-6-19-13/h1-3,12,19H,4-10H2. The summed E-state index contributed by atoms with van der Waals surface area (Å²) in [6.07, 6.45) is -3.67. The highest BCUT2D eigenvalue weighted by molar-refractivity contribution is 5.61. The summed E-state index contributed by atoms with van der Waals surface area (Å²) in [6.45, 7) is 3.03. The highest BCUT2D eigenvalue weighted by Crippen LogP contribution is 2.36. The van der Waals surface area contributed by atoms with Crippen molar-refractivity contribution in [1.29, 1.82) is 0 Å². The summed E-state index contributed by atoms with van der Waals surface area (Å²) in [5, 5.41) is 3.27. The maximum Gasteiger partial charge on any atom is 0.391 e. The van der Waals surface area contributed by atoms with E-state index in [2.05, 4.69) is 10.2 Å². The molecule has 1 N–H and O–H groups in total. The Labute approximate surface area is 122 Å². The van der Waals surface area contributed by atoms with E-state index in [-0.39, 0.29) is 12.8 Å². The summed E-state index contributed by atoms with van der Waals surface area (Å²) < 4.78 is 43.7. The molecule has 2 aliphatic rings. The van der Waals surface area contributed by atoms with Crippen molar-refractivity contribution >= 4 is 5.69 Å². The molecule has 0 spiro atoms. The fourth-order valence-corrected chi connectivity index (χ4v) is 3.02. The molecule has 0 atom stereocenters. The lowest BCUT2D eigenvalue weighted by Crippen LogP contribution is -2.38. The maximum atomic E-state index is 12.7. The number of alkyl halides is 3. The van der Waals surface area contributed by atoms with Gasteiger partial charge in [-0.15, -0.1) is 0 Å². The van der Waals surface area contributed by atoms with E-state index in [9.17, 15) is 13.2 Å². The van der Waals surface area contributed by atoms with Crippen molar-refractivity contribution in [2.24, 2.45) is 5.92 Å². The molecule has 0 aromatic heterocycles. The molecule has 21 heavy (non-hydrogen) atoms. The van der Waals surface area contributed by atoms with Gasteiger partial charge in [-0.25, -0.2) is 0 Å². The molecule has 116 valence electrons. The van der Waals surface area contributed by atoms with Gasteiger partial charge in [-0.2, -0.15) is 13.2 Å². The van der Waals surface area contributed by atoms with Gasteiger partial charge in [0.25, 0.3) is 0 Å². The molecule has 2 heterocycles. The van der Waals surface area contributed by atoms with Crippen LogP contribution < -0.4 is 10.1 Å². The highest BCUT2D eigenvalue weighted by atomic mass is 19.4. The number of halogens is 3. The fraction of sp³-hybridized carbons (Fsp3) is 0.600. The van der Waals surface area contributed by atoms with Gasteiger partial charge in [0.05, 0.1) is 11.6 Å². The molecule has 6 heteroatoms. The van der Waals surface area contributed by atoms with Gasteiger partial charge in [0.2, 0.25) is 0 Å². The van der Waals surface area contributed by atoms with E-state index in [0.717, 1.165) is 23.5 Å². The second-order valence-electron chi connectivity index (χ2n) is 5.66. The van der Waals surface area contributed by atoms with E-state index in [1.165, 1.54) is 0 Å². The summed E-state index contributed by atoms with van der Waals surface area (Å²) in [5.74, 6) is -0.293. The van der Waals surface area contributed by atoms with E-state index < -0.39 is 12.1 Å². The smallest absolute Gasteiger partial charge is 0.391 e. The molecular weight excluding hydrogens is 281 g/mol. The number of piperidine rings is 1. The minimum atomic E-state index is -4.05. The SMILES string of the molecule is FC(F)(F)C1CCN(Cc2cccc3c2OCCN3)CC1. The zero-order valence-electron chi connectivity index (χ0n) is 11.7. The van der Waals surface area contributed by atoms with Crippen LogP contribution >= 0.6 is 0 Å². The number of hydrogen-bond donors (Lipinski definition) is 1. The first-order valence-corrected chi connectivity index (χ1v) is 7.31. The van der Waals surface area contributed by atoms with E-state index in [0.29, 0.717) is 26.2 Å². The monoisotopic (exact) mass is 300 g/mol. The first kappa shape index (κ1) is 14.5. The lowest BCUT2D eigenvalue weighted by Gasteiger charge is -2.33. The van der Waals surface area contributed by atoms with E-state index in [1.807, 2.05) is 18.2 Å². The quantitative estimate of drug-likeness (QED) is 0.907. The Morgan fingerprint density at radius 3 is 2.71 bits per heavy atom. The van der Waals surface area contributed by atoms with Crippen LogP contribution in [0.25, 0.3) is 0 Å².